The van der Waals surface area contributed by atoms with Gasteiger partial charge in [0, 0.05) is 19.3 Å². The molecule has 2 rings (SSSR count). The fraction of sp³-hybridized carbons (Fsp3) is 0.538. The molecule has 0 saturated carbocycles. The van der Waals surface area contributed by atoms with E-state index in [1.54, 1.807) is 18.3 Å². The maximum absolute atomic E-state index is 11.0. The fourth-order valence-corrected chi connectivity index (χ4v) is 2.38. The van der Waals surface area contributed by atoms with E-state index in [0.29, 0.717) is 5.56 Å². The number of aromatic nitrogens is 1. The zero-order chi connectivity index (χ0) is 12.5. The molecule has 0 N–H and O–H groups in total. The highest BCUT2D eigenvalue weighted by Crippen LogP contribution is 2.26. The van der Waals surface area contributed by atoms with Gasteiger partial charge in [-0.2, -0.15) is 0 Å². The van der Waals surface area contributed by atoms with Crippen LogP contribution in [0.5, 0.6) is 0 Å². The van der Waals surface area contributed by atoms with E-state index < -0.39 is 0 Å². The minimum atomic E-state index is -0.213. The minimum absolute atomic E-state index is 0.139. The highest BCUT2D eigenvalue weighted by molar-refractivity contribution is 5.82. The Labute approximate surface area is 102 Å². The second kappa shape index (κ2) is 4.45. The Morgan fingerprint density at radius 1 is 1.59 bits per heavy atom. The maximum Gasteiger partial charge on any atom is 0.153 e. The van der Waals surface area contributed by atoms with Crippen molar-refractivity contribution in [2.75, 3.05) is 18.0 Å². The highest BCUT2D eigenvalue weighted by atomic mass is 16.5. The molecule has 1 unspecified atom stereocenters. The van der Waals surface area contributed by atoms with Crippen molar-refractivity contribution < 1.29 is 9.53 Å². The van der Waals surface area contributed by atoms with E-state index in [9.17, 15) is 4.79 Å². The Kier molecular flexibility index (Phi) is 3.15. The monoisotopic (exact) mass is 234 g/mol. The first kappa shape index (κ1) is 12.0. The third kappa shape index (κ3) is 2.64. The molecule has 1 aromatic heterocycles. The second-order valence-corrected chi connectivity index (χ2v) is 5.10. The molecular weight excluding hydrogens is 216 g/mol. The van der Waals surface area contributed by atoms with Crippen LogP contribution in [-0.4, -0.2) is 36.1 Å². The number of hydrogen-bond acceptors (Lipinski definition) is 4. The van der Waals surface area contributed by atoms with Crippen LogP contribution in [-0.2, 0) is 4.74 Å². The van der Waals surface area contributed by atoms with Crippen LogP contribution >= 0.6 is 0 Å². The summed E-state index contributed by atoms with van der Waals surface area (Å²) in [6, 6.07) is 3.57. The Bertz CT molecular complexity index is 418. The van der Waals surface area contributed by atoms with Crippen LogP contribution in [0, 0.1) is 0 Å². The summed E-state index contributed by atoms with van der Waals surface area (Å²) in [4.78, 5) is 17.5. The number of morpholine rings is 1. The largest absolute Gasteiger partial charge is 0.369 e. The molecular formula is C13H18N2O2. The zero-order valence-electron chi connectivity index (χ0n) is 10.5. The summed E-state index contributed by atoms with van der Waals surface area (Å²) in [5.41, 5.74) is 0.424. The minimum Gasteiger partial charge on any atom is -0.369 e. The number of hydrogen-bond donors (Lipinski definition) is 0. The van der Waals surface area contributed by atoms with Crippen molar-refractivity contribution in [3.05, 3.63) is 23.9 Å². The van der Waals surface area contributed by atoms with Crippen LogP contribution in [0.4, 0.5) is 5.82 Å². The summed E-state index contributed by atoms with van der Waals surface area (Å²) in [5.74, 6) is 0.755. The van der Waals surface area contributed by atoms with Gasteiger partial charge >= 0.3 is 0 Å². The van der Waals surface area contributed by atoms with Crippen LogP contribution in [0.3, 0.4) is 0 Å². The molecule has 17 heavy (non-hydrogen) atoms. The molecule has 4 heteroatoms. The van der Waals surface area contributed by atoms with Crippen molar-refractivity contribution in [2.45, 2.75) is 32.5 Å². The van der Waals surface area contributed by atoms with Gasteiger partial charge in [0.25, 0.3) is 0 Å². The van der Waals surface area contributed by atoms with Gasteiger partial charge in [0.15, 0.2) is 6.29 Å². The molecule has 0 bridgehead atoms. The molecule has 0 amide bonds. The van der Waals surface area contributed by atoms with Crippen LogP contribution in [0.2, 0.25) is 0 Å². The molecule has 2 heterocycles. The molecule has 1 fully saturated rings. The third-order valence-electron chi connectivity index (χ3n) is 2.81. The van der Waals surface area contributed by atoms with Crippen LogP contribution in [0.25, 0.3) is 0 Å². The number of carbonyl (C=O) groups is 1. The van der Waals surface area contributed by atoms with Crippen molar-refractivity contribution in [3.8, 4) is 0 Å². The number of ether oxygens (including phenoxy) is 1. The second-order valence-electron chi connectivity index (χ2n) is 5.10. The van der Waals surface area contributed by atoms with Crippen molar-refractivity contribution >= 4 is 12.1 Å². The van der Waals surface area contributed by atoms with E-state index in [1.165, 1.54) is 0 Å². The van der Waals surface area contributed by atoms with E-state index in [-0.39, 0.29) is 11.7 Å². The van der Waals surface area contributed by atoms with Gasteiger partial charge in [-0.25, -0.2) is 4.98 Å². The highest BCUT2D eigenvalue weighted by Gasteiger charge is 2.32. The van der Waals surface area contributed by atoms with Gasteiger partial charge < -0.3 is 9.64 Å². The first-order chi connectivity index (χ1) is 8.02. The Balaban J connectivity index is 2.30. The van der Waals surface area contributed by atoms with Gasteiger partial charge in [0.2, 0.25) is 0 Å². The lowest BCUT2D eigenvalue weighted by Crippen LogP contribution is -2.52. The van der Waals surface area contributed by atoms with E-state index in [1.807, 2.05) is 6.92 Å². The molecule has 0 aliphatic carbocycles. The number of aldehydes is 1. The van der Waals surface area contributed by atoms with E-state index in [0.717, 1.165) is 25.2 Å². The van der Waals surface area contributed by atoms with Crippen LogP contribution in [0.1, 0.15) is 31.1 Å². The van der Waals surface area contributed by atoms with Gasteiger partial charge in [0.05, 0.1) is 17.3 Å². The molecule has 1 aromatic rings. The third-order valence-corrected chi connectivity index (χ3v) is 2.81. The van der Waals surface area contributed by atoms with Crippen LogP contribution in [0.15, 0.2) is 18.3 Å². The number of carbonyl (C=O) groups excluding carboxylic acids is 1. The van der Waals surface area contributed by atoms with Crippen molar-refractivity contribution in [2.24, 2.45) is 0 Å². The summed E-state index contributed by atoms with van der Waals surface area (Å²) in [6.45, 7) is 7.66. The average Bonchev–Trinajstić information content (AvgIpc) is 2.26. The number of rotatable bonds is 2. The Morgan fingerprint density at radius 2 is 2.35 bits per heavy atom. The fourth-order valence-electron chi connectivity index (χ4n) is 2.38. The first-order valence-corrected chi connectivity index (χ1v) is 5.85. The molecule has 0 aromatic carbocycles. The quantitative estimate of drug-likeness (QED) is 0.733. The lowest BCUT2D eigenvalue weighted by molar-refractivity contribution is -0.0751. The summed E-state index contributed by atoms with van der Waals surface area (Å²) in [6.07, 6.45) is 2.71. The van der Waals surface area contributed by atoms with Crippen molar-refractivity contribution in [1.29, 1.82) is 0 Å². The summed E-state index contributed by atoms with van der Waals surface area (Å²) >= 11 is 0. The number of nitrogens with zero attached hydrogens (tertiary/aromatic N) is 2. The number of anilines is 1. The molecule has 92 valence electrons. The molecule has 4 nitrogen and oxygen atoms in total. The van der Waals surface area contributed by atoms with Crippen molar-refractivity contribution in [3.63, 3.8) is 0 Å². The Hall–Kier alpha value is -1.42. The van der Waals surface area contributed by atoms with E-state index >= 15 is 0 Å². The van der Waals surface area contributed by atoms with Crippen LogP contribution < -0.4 is 4.90 Å². The average molecular weight is 234 g/mol. The van der Waals surface area contributed by atoms with Crippen molar-refractivity contribution in [1.82, 2.24) is 4.98 Å². The van der Waals surface area contributed by atoms with Gasteiger partial charge in [-0.05, 0) is 32.9 Å². The topological polar surface area (TPSA) is 42.4 Å². The zero-order valence-corrected chi connectivity index (χ0v) is 10.5. The SMILES string of the molecule is CC1CN(c2ncccc2C=O)CC(C)(C)O1. The summed E-state index contributed by atoms with van der Waals surface area (Å²) in [5, 5.41) is 0. The molecule has 1 aliphatic heterocycles. The molecule has 1 aliphatic rings. The smallest absolute Gasteiger partial charge is 0.153 e. The number of pyridine rings is 1. The van der Waals surface area contributed by atoms with E-state index in [2.05, 4.69) is 23.7 Å². The lowest BCUT2D eigenvalue weighted by Gasteiger charge is -2.42. The Morgan fingerprint density at radius 3 is 3.00 bits per heavy atom. The summed E-state index contributed by atoms with van der Waals surface area (Å²) < 4.78 is 5.84. The predicted octanol–water partition coefficient (Wildman–Crippen LogP) is 1.90. The maximum atomic E-state index is 11.0. The normalized spacial score (nSPS) is 23.5. The molecule has 0 spiro atoms. The molecule has 1 atom stereocenters. The molecule has 0 radical (unpaired) electrons. The van der Waals surface area contributed by atoms with Gasteiger partial charge in [0.1, 0.15) is 5.82 Å². The van der Waals surface area contributed by atoms with Gasteiger partial charge in [-0.15, -0.1) is 0 Å². The van der Waals surface area contributed by atoms with Gasteiger partial charge in [-0.1, -0.05) is 0 Å². The summed E-state index contributed by atoms with van der Waals surface area (Å²) in [7, 11) is 0. The molecule has 1 saturated heterocycles. The standard InChI is InChI=1S/C13H18N2O2/c1-10-7-15(9-13(2,3)17-10)12-11(8-16)5-4-6-14-12/h4-6,8,10H,7,9H2,1-3H3. The first-order valence-electron chi connectivity index (χ1n) is 5.85. The van der Waals surface area contributed by atoms with E-state index in [4.69, 9.17) is 4.74 Å². The predicted molar refractivity (Wildman–Crippen MR) is 66.5 cm³/mol. The lowest BCUT2D eigenvalue weighted by atomic mass is 10.0. The van der Waals surface area contributed by atoms with Gasteiger partial charge in [-0.3, -0.25) is 4.79 Å².